The molecule has 1 heterocycles. The van der Waals surface area contributed by atoms with E-state index in [9.17, 15) is 9.59 Å². The van der Waals surface area contributed by atoms with Crippen LogP contribution in [0, 0.1) is 17.8 Å². The number of nitrogens with zero attached hydrogens (tertiary/aromatic N) is 1. The molecule has 0 unspecified atom stereocenters. The van der Waals surface area contributed by atoms with Crippen molar-refractivity contribution in [2.24, 2.45) is 17.8 Å². The summed E-state index contributed by atoms with van der Waals surface area (Å²) < 4.78 is 0. The Morgan fingerprint density at radius 2 is 1.65 bits per heavy atom. The van der Waals surface area contributed by atoms with Gasteiger partial charge in [0.25, 0.3) is 0 Å². The molecular formula is C13H21NO3. The van der Waals surface area contributed by atoms with Crippen molar-refractivity contribution in [3.8, 4) is 0 Å². The van der Waals surface area contributed by atoms with Crippen molar-refractivity contribution in [3.05, 3.63) is 0 Å². The van der Waals surface area contributed by atoms with Crippen molar-refractivity contribution in [1.82, 2.24) is 4.90 Å². The molecule has 0 aromatic rings. The zero-order valence-electron chi connectivity index (χ0n) is 10.4. The summed E-state index contributed by atoms with van der Waals surface area (Å²) in [5.41, 5.74) is 0. The number of carboxylic acid groups (broad SMARTS) is 1. The molecule has 0 spiro atoms. The minimum absolute atomic E-state index is 0.0375. The normalized spacial score (nSPS) is 30.5. The lowest BCUT2D eigenvalue weighted by atomic mass is 9.97. The Morgan fingerprint density at radius 1 is 1.06 bits per heavy atom. The molecule has 0 aromatic carbocycles. The van der Waals surface area contributed by atoms with Gasteiger partial charge in [-0.05, 0) is 38.0 Å². The van der Waals surface area contributed by atoms with Crippen LogP contribution >= 0.6 is 0 Å². The fourth-order valence-electron chi connectivity index (χ4n) is 2.92. The zero-order chi connectivity index (χ0) is 12.4. The van der Waals surface area contributed by atoms with Crippen LogP contribution in [0.25, 0.3) is 0 Å². The smallest absolute Gasteiger partial charge is 0.306 e. The van der Waals surface area contributed by atoms with Gasteiger partial charge in [-0.2, -0.15) is 0 Å². The molecule has 0 radical (unpaired) electrons. The number of carbonyl (C=O) groups is 2. The molecule has 4 heteroatoms. The molecular weight excluding hydrogens is 218 g/mol. The molecule has 96 valence electrons. The molecule has 17 heavy (non-hydrogen) atoms. The molecule has 2 fully saturated rings. The third-order valence-corrected chi connectivity index (χ3v) is 4.23. The number of hydrogen-bond donors (Lipinski definition) is 1. The minimum atomic E-state index is -0.743. The predicted molar refractivity (Wildman–Crippen MR) is 63.4 cm³/mol. The average Bonchev–Trinajstić information content (AvgIpc) is 2.78. The van der Waals surface area contributed by atoms with Crippen LogP contribution in [-0.2, 0) is 9.59 Å². The van der Waals surface area contributed by atoms with Crippen LogP contribution in [-0.4, -0.2) is 35.0 Å². The average molecular weight is 239 g/mol. The van der Waals surface area contributed by atoms with Crippen LogP contribution in [0.3, 0.4) is 0 Å². The highest BCUT2D eigenvalue weighted by Gasteiger charge is 2.36. The lowest BCUT2D eigenvalue weighted by molar-refractivity contribution is -0.141. The van der Waals surface area contributed by atoms with E-state index in [2.05, 4.69) is 6.92 Å². The zero-order valence-corrected chi connectivity index (χ0v) is 10.4. The van der Waals surface area contributed by atoms with Crippen LogP contribution in [0.4, 0.5) is 0 Å². The van der Waals surface area contributed by atoms with Gasteiger partial charge in [0, 0.05) is 19.0 Å². The van der Waals surface area contributed by atoms with Crippen molar-refractivity contribution in [1.29, 1.82) is 0 Å². The number of likely N-dealkylation sites (tertiary alicyclic amines) is 1. The lowest BCUT2D eigenvalue weighted by Crippen LogP contribution is -2.41. The van der Waals surface area contributed by atoms with Crippen molar-refractivity contribution < 1.29 is 14.7 Å². The summed E-state index contributed by atoms with van der Waals surface area (Å²) >= 11 is 0. The summed E-state index contributed by atoms with van der Waals surface area (Å²) in [5, 5.41) is 8.93. The summed E-state index contributed by atoms with van der Waals surface area (Å²) in [4.78, 5) is 25.0. The van der Waals surface area contributed by atoms with Gasteiger partial charge in [0.2, 0.25) is 5.91 Å². The van der Waals surface area contributed by atoms with E-state index in [0.717, 1.165) is 38.3 Å². The highest BCUT2D eigenvalue weighted by atomic mass is 16.4. The largest absolute Gasteiger partial charge is 0.481 e. The molecule has 2 atom stereocenters. The van der Waals surface area contributed by atoms with E-state index in [1.54, 1.807) is 0 Å². The molecule has 1 aliphatic heterocycles. The Hall–Kier alpha value is -1.06. The number of piperidine rings is 1. The van der Waals surface area contributed by atoms with E-state index >= 15 is 0 Å². The Labute approximate surface area is 102 Å². The third-order valence-electron chi connectivity index (χ3n) is 4.23. The standard InChI is InChI=1S/C13H21NO3/c1-9-4-6-14(7-5-9)12(15)10-2-3-11(8-10)13(16)17/h9-11H,2-8H2,1H3,(H,16,17)/t10-,11+/m1/s1. The van der Waals surface area contributed by atoms with Crippen molar-refractivity contribution >= 4 is 11.9 Å². The van der Waals surface area contributed by atoms with Gasteiger partial charge in [-0.1, -0.05) is 6.92 Å². The van der Waals surface area contributed by atoms with Gasteiger partial charge >= 0.3 is 5.97 Å². The third kappa shape index (κ3) is 2.79. The first-order valence-corrected chi connectivity index (χ1v) is 6.59. The fraction of sp³-hybridized carbons (Fsp3) is 0.846. The lowest BCUT2D eigenvalue weighted by Gasteiger charge is -2.32. The molecule has 1 N–H and O–H groups in total. The number of amides is 1. The molecule has 0 aromatic heterocycles. The van der Waals surface area contributed by atoms with Crippen LogP contribution in [0.1, 0.15) is 39.0 Å². The van der Waals surface area contributed by atoms with E-state index in [0.29, 0.717) is 12.8 Å². The number of rotatable bonds is 2. The maximum Gasteiger partial charge on any atom is 0.306 e. The van der Waals surface area contributed by atoms with E-state index in [-0.39, 0.29) is 17.7 Å². The van der Waals surface area contributed by atoms with Crippen molar-refractivity contribution in [2.45, 2.75) is 39.0 Å². The first-order chi connectivity index (χ1) is 8.08. The van der Waals surface area contributed by atoms with Gasteiger partial charge in [-0.15, -0.1) is 0 Å². The molecule has 1 aliphatic carbocycles. The van der Waals surface area contributed by atoms with Gasteiger partial charge in [-0.3, -0.25) is 9.59 Å². The van der Waals surface area contributed by atoms with Crippen molar-refractivity contribution in [3.63, 3.8) is 0 Å². The number of hydrogen-bond acceptors (Lipinski definition) is 2. The summed E-state index contributed by atoms with van der Waals surface area (Å²) in [5.74, 6) is -0.167. The molecule has 2 aliphatic rings. The minimum Gasteiger partial charge on any atom is -0.481 e. The topological polar surface area (TPSA) is 57.6 Å². The second-order valence-corrected chi connectivity index (χ2v) is 5.55. The molecule has 4 nitrogen and oxygen atoms in total. The van der Waals surface area contributed by atoms with Crippen LogP contribution in [0.5, 0.6) is 0 Å². The van der Waals surface area contributed by atoms with Gasteiger partial charge in [0.15, 0.2) is 0 Å². The Kier molecular flexibility index (Phi) is 3.69. The first kappa shape index (κ1) is 12.4. The number of aliphatic carboxylic acids is 1. The number of carbonyl (C=O) groups excluding carboxylic acids is 1. The SMILES string of the molecule is CC1CCN(C(=O)[C@@H]2CC[C@H](C(=O)O)C2)CC1. The van der Waals surface area contributed by atoms with E-state index in [1.807, 2.05) is 4.90 Å². The predicted octanol–water partition coefficient (Wildman–Crippen LogP) is 1.75. The fourth-order valence-corrected chi connectivity index (χ4v) is 2.92. The molecule has 0 bridgehead atoms. The van der Waals surface area contributed by atoms with Gasteiger partial charge in [-0.25, -0.2) is 0 Å². The highest BCUT2D eigenvalue weighted by molar-refractivity contribution is 5.81. The summed E-state index contributed by atoms with van der Waals surface area (Å²) in [7, 11) is 0. The van der Waals surface area contributed by atoms with Gasteiger partial charge < -0.3 is 10.0 Å². The molecule has 1 saturated heterocycles. The number of carboxylic acids is 1. The van der Waals surface area contributed by atoms with Crippen LogP contribution < -0.4 is 0 Å². The second kappa shape index (κ2) is 5.07. The quantitative estimate of drug-likeness (QED) is 0.798. The van der Waals surface area contributed by atoms with E-state index in [1.165, 1.54) is 0 Å². The maximum atomic E-state index is 12.2. The highest BCUT2D eigenvalue weighted by Crippen LogP contribution is 2.33. The Morgan fingerprint density at radius 3 is 2.18 bits per heavy atom. The van der Waals surface area contributed by atoms with Crippen LogP contribution in [0.2, 0.25) is 0 Å². The van der Waals surface area contributed by atoms with E-state index < -0.39 is 5.97 Å². The maximum absolute atomic E-state index is 12.2. The first-order valence-electron chi connectivity index (χ1n) is 6.59. The second-order valence-electron chi connectivity index (χ2n) is 5.55. The van der Waals surface area contributed by atoms with Crippen LogP contribution in [0.15, 0.2) is 0 Å². The summed E-state index contributed by atoms with van der Waals surface area (Å²) in [6.45, 7) is 3.93. The molecule has 1 amide bonds. The van der Waals surface area contributed by atoms with Crippen molar-refractivity contribution in [2.75, 3.05) is 13.1 Å². The van der Waals surface area contributed by atoms with Gasteiger partial charge in [0.05, 0.1) is 5.92 Å². The summed E-state index contributed by atoms with van der Waals surface area (Å²) in [6, 6.07) is 0. The molecule has 2 rings (SSSR count). The van der Waals surface area contributed by atoms with E-state index in [4.69, 9.17) is 5.11 Å². The Balaban J connectivity index is 1.86. The monoisotopic (exact) mass is 239 g/mol. The Bertz CT molecular complexity index is 308. The van der Waals surface area contributed by atoms with Gasteiger partial charge in [0.1, 0.15) is 0 Å². The summed E-state index contributed by atoms with van der Waals surface area (Å²) in [6.07, 6.45) is 4.12. The molecule has 1 saturated carbocycles.